The third-order valence-electron chi connectivity index (χ3n) is 4.94. The standard InChI is InChI=1S/C24H25BrClN3OS/c1-14-10-15(2)12-20(11-14)29-16(3)22(23(25)17(29)4)13-27-28-24(30)18(5)31-21-8-6-19(26)7-9-21/h6-13,18H,1-5H3,(H,28,30)/b27-13-/t18-/m0/s1. The average Bonchev–Trinajstić information content (AvgIpc) is 2.92. The monoisotopic (exact) mass is 517 g/mol. The predicted molar refractivity (Wildman–Crippen MR) is 135 cm³/mol. The number of carbonyl (C=O) groups is 1. The summed E-state index contributed by atoms with van der Waals surface area (Å²) in [7, 11) is 0. The van der Waals surface area contributed by atoms with Crippen molar-refractivity contribution in [3.8, 4) is 5.69 Å². The Morgan fingerprint density at radius 1 is 1.10 bits per heavy atom. The van der Waals surface area contributed by atoms with Crippen LogP contribution < -0.4 is 5.43 Å². The maximum absolute atomic E-state index is 12.5. The van der Waals surface area contributed by atoms with Crippen molar-refractivity contribution in [1.29, 1.82) is 0 Å². The van der Waals surface area contributed by atoms with E-state index in [0.717, 1.165) is 32.0 Å². The quantitative estimate of drug-likeness (QED) is 0.223. The average molecular weight is 519 g/mol. The molecule has 2 aromatic carbocycles. The van der Waals surface area contributed by atoms with Gasteiger partial charge in [0.05, 0.1) is 11.5 Å². The van der Waals surface area contributed by atoms with Crippen molar-refractivity contribution in [1.82, 2.24) is 9.99 Å². The molecule has 1 aromatic heterocycles. The SMILES string of the molecule is Cc1cc(C)cc(-n2c(C)c(Br)c(/C=N\NC(=O)[C@H](C)Sc3ccc(Cl)cc3)c2C)c1. The summed E-state index contributed by atoms with van der Waals surface area (Å²) in [4.78, 5) is 13.4. The zero-order valence-corrected chi connectivity index (χ0v) is 21.3. The number of amides is 1. The second kappa shape index (κ2) is 10.1. The molecule has 0 bridgehead atoms. The van der Waals surface area contributed by atoms with Gasteiger partial charge in [0.2, 0.25) is 0 Å². The van der Waals surface area contributed by atoms with Gasteiger partial charge < -0.3 is 4.57 Å². The van der Waals surface area contributed by atoms with Gasteiger partial charge in [-0.2, -0.15) is 5.10 Å². The lowest BCUT2D eigenvalue weighted by Gasteiger charge is -2.11. The van der Waals surface area contributed by atoms with Gasteiger partial charge in [0.1, 0.15) is 0 Å². The first-order valence-electron chi connectivity index (χ1n) is 9.88. The molecule has 0 aliphatic carbocycles. The molecule has 0 spiro atoms. The Morgan fingerprint density at radius 2 is 1.71 bits per heavy atom. The zero-order chi connectivity index (χ0) is 22.7. The number of carbonyl (C=O) groups excluding carboxylic acids is 1. The summed E-state index contributed by atoms with van der Waals surface area (Å²) < 4.78 is 3.16. The molecule has 0 unspecified atom stereocenters. The summed E-state index contributed by atoms with van der Waals surface area (Å²) in [6, 6.07) is 13.9. The van der Waals surface area contributed by atoms with Crippen LogP contribution in [-0.4, -0.2) is 21.9 Å². The Morgan fingerprint density at radius 3 is 2.32 bits per heavy atom. The topological polar surface area (TPSA) is 46.4 Å². The number of nitrogens with one attached hydrogen (secondary N) is 1. The van der Waals surface area contributed by atoms with Gasteiger partial charge in [0.15, 0.2) is 0 Å². The van der Waals surface area contributed by atoms with Gasteiger partial charge in [-0.05, 0) is 98.1 Å². The van der Waals surface area contributed by atoms with Crippen LogP contribution >= 0.6 is 39.3 Å². The van der Waals surface area contributed by atoms with Crippen LogP contribution in [0.3, 0.4) is 0 Å². The van der Waals surface area contributed by atoms with Crippen LogP contribution in [-0.2, 0) is 4.79 Å². The lowest BCUT2D eigenvalue weighted by Crippen LogP contribution is -2.26. The minimum atomic E-state index is -0.288. The number of nitrogens with zero attached hydrogens (tertiary/aromatic N) is 2. The Bertz CT molecular complexity index is 1120. The van der Waals surface area contributed by atoms with Crippen LogP contribution in [0.2, 0.25) is 5.02 Å². The molecule has 3 aromatic rings. The molecular weight excluding hydrogens is 494 g/mol. The van der Waals surface area contributed by atoms with Crippen molar-refractivity contribution in [3.05, 3.63) is 80.0 Å². The molecule has 0 saturated carbocycles. The summed E-state index contributed by atoms with van der Waals surface area (Å²) in [5, 5.41) is 4.61. The molecule has 1 amide bonds. The van der Waals surface area contributed by atoms with Crippen LogP contribution in [0.15, 0.2) is 56.9 Å². The number of hydrogen-bond donors (Lipinski definition) is 1. The predicted octanol–water partition coefficient (Wildman–Crippen LogP) is 6.76. The van der Waals surface area contributed by atoms with Crippen LogP contribution in [0.5, 0.6) is 0 Å². The summed E-state index contributed by atoms with van der Waals surface area (Å²) >= 11 is 11.1. The maximum Gasteiger partial charge on any atom is 0.253 e. The minimum Gasteiger partial charge on any atom is -0.317 e. The molecule has 1 N–H and O–H groups in total. The summed E-state index contributed by atoms with van der Waals surface area (Å²) in [5.41, 5.74) is 9.28. The first kappa shape index (κ1) is 23.6. The first-order chi connectivity index (χ1) is 14.7. The lowest BCUT2D eigenvalue weighted by atomic mass is 10.1. The number of thioether (sulfide) groups is 1. The van der Waals surface area contributed by atoms with E-state index in [1.165, 1.54) is 22.9 Å². The largest absolute Gasteiger partial charge is 0.317 e. The van der Waals surface area contributed by atoms with Crippen molar-refractivity contribution in [2.24, 2.45) is 5.10 Å². The highest BCUT2D eigenvalue weighted by molar-refractivity contribution is 9.10. The van der Waals surface area contributed by atoms with Crippen LogP contribution in [0.4, 0.5) is 0 Å². The molecule has 1 atom stereocenters. The van der Waals surface area contributed by atoms with E-state index < -0.39 is 0 Å². The van der Waals surface area contributed by atoms with E-state index in [-0.39, 0.29) is 11.2 Å². The molecule has 0 aliphatic heterocycles. The fourth-order valence-corrected chi connectivity index (χ4v) is 5.02. The molecule has 0 fully saturated rings. The zero-order valence-electron chi connectivity index (χ0n) is 18.2. The van der Waals surface area contributed by atoms with Gasteiger partial charge in [-0.25, -0.2) is 5.43 Å². The molecule has 0 aliphatic rings. The second-order valence-electron chi connectivity index (χ2n) is 7.53. The summed E-state index contributed by atoms with van der Waals surface area (Å²) in [6.45, 7) is 10.2. The third-order valence-corrected chi connectivity index (χ3v) is 7.31. The van der Waals surface area contributed by atoms with Gasteiger partial charge in [-0.3, -0.25) is 4.79 Å². The highest BCUT2D eigenvalue weighted by Gasteiger charge is 2.17. The van der Waals surface area contributed by atoms with Crippen molar-refractivity contribution in [3.63, 3.8) is 0 Å². The highest BCUT2D eigenvalue weighted by atomic mass is 79.9. The maximum atomic E-state index is 12.5. The number of rotatable bonds is 6. The number of hydrogen-bond acceptors (Lipinski definition) is 3. The molecule has 0 saturated heterocycles. The Balaban J connectivity index is 1.75. The molecule has 7 heteroatoms. The van der Waals surface area contributed by atoms with Gasteiger partial charge in [-0.15, -0.1) is 11.8 Å². The second-order valence-corrected chi connectivity index (χ2v) is 10.2. The fraction of sp³-hybridized carbons (Fsp3) is 0.250. The van der Waals surface area contributed by atoms with E-state index in [1.54, 1.807) is 6.21 Å². The van der Waals surface area contributed by atoms with Crippen molar-refractivity contribution in [2.45, 2.75) is 44.8 Å². The van der Waals surface area contributed by atoms with E-state index in [9.17, 15) is 4.79 Å². The van der Waals surface area contributed by atoms with Crippen molar-refractivity contribution < 1.29 is 4.79 Å². The van der Waals surface area contributed by atoms with E-state index in [1.807, 2.05) is 31.2 Å². The minimum absolute atomic E-state index is 0.157. The fourth-order valence-electron chi connectivity index (χ4n) is 3.46. The number of aryl methyl sites for hydroxylation is 2. The van der Waals surface area contributed by atoms with Crippen LogP contribution in [0.25, 0.3) is 5.69 Å². The lowest BCUT2D eigenvalue weighted by molar-refractivity contribution is -0.120. The Hall–Kier alpha value is -2.02. The number of halogens is 2. The number of hydrazone groups is 1. The van der Waals surface area contributed by atoms with Crippen LogP contribution in [0, 0.1) is 27.7 Å². The Kier molecular flexibility index (Phi) is 7.68. The van der Waals surface area contributed by atoms with E-state index in [0.29, 0.717) is 5.02 Å². The summed E-state index contributed by atoms with van der Waals surface area (Å²) in [6.07, 6.45) is 1.70. The van der Waals surface area contributed by atoms with Gasteiger partial charge in [0.25, 0.3) is 5.91 Å². The molecule has 31 heavy (non-hydrogen) atoms. The van der Waals surface area contributed by atoms with Crippen molar-refractivity contribution >= 4 is 51.4 Å². The molecule has 4 nitrogen and oxygen atoms in total. The molecule has 162 valence electrons. The van der Waals surface area contributed by atoms with E-state index in [4.69, 9.17) is 11.6 Å². The van der Waals surface area contributed by atoms with E-state index in [2.05, 4.69) is 76.9 Å². The van der Waals surface area contributed by atoms with Gasteiger partial charge >= 0.3 is 0 Å². The smallest absolute Gasteiger partial charge is 0.253 e. The summed E-state index contributed by atoms with van der Waals surface area (Å²) in [5.74, 6) is -0.157. The number of benzene rings is 2. The highest BCUT2D eigenvalue weighted by Crippen LogP contribution is 2.30. The normalized spacial score (nSPS) is 12.4. The van der Waals surface area contributed by atoms with Crippen molar-refractivity contribution in [2.75, 3.05) is 0 Å². The molecule has 3 rings (SSSR count). The molecule has 1 heterocycles. The first-order valence-corrected chi connectivity index (χ1v) is 11.9. The molecular formula is C24H25BrClN3OS. The number of aromatic nitrogens is 1. The van der Waals surface area contributed by atoms with Crippen LogP contribution in [0.1, 0.15) is 35.0 Å². The van der Waals surface area contributed by atoms with Gasteiger partial charge in [-0.1, -0.05) is 17.7 Å². The van der Waals surface area contributed by atoms with Gasteiger partial charge in [0, 0.05) is 37.0 Å². The molecule has 0 radical (unpaired) electrons. The van der Waals surface area contributed by atoms with E-state index >= 15 is 0 Å². The third kappa shape index (κ3) is 5.62. The Labute approximate surface area is 201 Å².